The van der Waals surface area contributed by atoms with Crippen LogP contribution in [0.4, 0.5) is 0 Å². The molecule has 0 radical (unpaired) electrons. The predicted molar refractivity (Wildman–Crippen MR) is 90.9 cm³/mol. The number of nitrogens with zero attached hydrogens (tertiary/aromatic N) is 1. The van der Waals surface area contributed by atoms with Gasteiger partial charge in [-0.05, 0) is 23.8 Å². The first kappa shape index (κ1) is 15.1. The summed E-state index contributed by atoms with van der Waals surface area (Å²) < 4.78 is 5.18. The molecule has 0 aliphatic heterocycles. The van der Waals surface area contributed by atoms with Crippen molar-refractivity contribution in [2.45, 2.75) is 12.3 Å². The van der Waals surface area contributed by atoms with Crippen LogP contribution in [0.1, 0.15) is 22.7 Å². The van der Waals surface area contributed by atoms with Crippen LogP contribution in [0.15, 0.2) is 72.9 Å². The molecule has 3 rings (SSSR count). The van der Waals surface area contributed by atoms with Crippen LogP contribution in [0.2, 0.25) is 0 Å². The minimum absolute atomic E-state index is 0.0389. The summed E-state index contributed by atoms with van der Waals surface area (Å²) in [4.78, 5) is 4.43. The molecule has 3 aromatic rings. The summed E-state index contributed by atoms with van der Waals surface area (Å²) in [5, 5.41) is 10.4. The van der Waals surface area contributed by atoms with E-state index in [4.69, 9.17) is 4.74 Å². The molecule has 2 aromatic carbocycles. The van der Waals surface area contributed by atoms with E-state index in [1.165, 1.54) is 0 Å². The average Bonchev–Trinajstić information content (AvgIpc) is 2.61. The van der Waals surface area contributed by atoms with Gasteiger partial charge in [0.15, 0.2) is 0 Å². The van der Waals surface area contributed by atoms with Crippen molar-refractivity contribution in [1.82, 2.24) is 4.98 Å². The third-order valence-corrected chi connectivity index (χ3v) is 3.95. The second kappa shape index (κ2) is 6.97. The summed E-state index contributed by atoms with van der Waals surface area (Å²) >= 11 is 0. The normalized spacial score (nSPS) is 11.9. The third kappa shape index (κ3) is 3.51. The van der Waals surface area contributed by atoms with Crippen molar-refractivity contribution in [3.05, 3.63) is 89.7 Å². The van der Waals surface area contributed by atoms with Gasteiger partial charge in [-0.1, -0.05) is 42.5 Å². The number of pyridine rings is 1. The largest absolute Gasteiger partial charge is 0.508 e. The summed E-state index contributed by atoms with van der Waals surface area (Å²) in [6.45, 7) is 0. The maximum atomic E-state index is 10.4. The fourth-order valence-electron chi connectivity index (χ4n) is 2.77. The zero-order valence-electron chi connectivity index (χ0n) is 13.0. The molecule has 0 saturated carbocycles. The van der Waals surface area contributed by atoms with Crippen molar-refractivity contribution in [3.8, 4) is 11.5 Å². The highest BCUT2D eigenvalue weighted by atomic mass is 16.5. The number of hydrogen-bond donors (Lipinski definition) is 1. The summed E-state index contributed by atoms with van der Waals surface area (Å²) in [7, 11) is 1.59. The van der Waals surface area contributed by atoms with Gasteiger partial charge in [0.25, 0.3) is 0 Å². The Bertz CT molecular complexity index is 757. The molecule has 1 N–H and O–H groups in total. The Morgan fingerprint density at radius 3 is 2.43 bits per heavy atom. The van der Waals surface area contributed by atoms with Crippen molar-refractivity contribution in [3.63, 3.8) is 0 Å². The van der Waals surface area contributed by atoms with E-state index < -0.39 is 0 Å². The molecule has 0 fully saturated rings. The number of hydrogen-bond acceptors (Lipinski definition) is 3. The molecule has 23 heavy (non-hydrogen) atoms. The first-order chi connectivity index (χ1) is 11.3. The topological polar surface area (TPSA) is 42.4 Å². The molecule has 0 aliphatic rings. The van der Waals surface area contributed by atoms with E-state index in [0.29, 0.717) is 5.75 Å². The van der Waals surface area contributed by atoms with E-state index in [1.54, 1.807) is 19.4 Å². The summed E-state index contributed by atoms with van der Waals surface area (Å²) in [5.41, 5.74) is 3.03. The standard InChI is InChI=1S/C20H19NO2/c1-23-17-10-11-18(20(22)14-17)19(15-7-3-2-4-8-15)13-16-9-5-6-12-21-16/h2-12,14,19,22H,13H2,1H3. The Morgan fingerprint density at radius 2 is 1.78 bits per heavy atom. The molecule has 1 unspecified atom stereocenters. The van der Waals surface area contributed by atoms with Gasteiger partial charge >= 0.3 is 0 Å². The minimum atomic E-state index is 0.0389. The lowest BCUT2D eigenvalue weighted by molar-refractivity contribution is 0.405. The molecule has 3 heteroatoms. The molecule has 0 bridgehead atoms. The van der Waals surface area contributed by atoms with Crippen molar-refractivity contribution >= 4 is 0 Å². The van der Waals surface area contributed by atoms with Gasteiger partial charge in [0, 0.05) is 35.9 Å². The van der Waals surface area contributed by atoms with Gasteiger partial charge in [-0.25, -0.2) is 0 Å². The van der Waals surface area contributed by atoms with Gasteiger partial charge in [0.1, 0.15) is 11.5 Å². The summed E-state index contributed by atoms with van der Waals surface area (Å²) in [6.07, 6.45) is 2.52. The number of aromatic hydroxyl groups is 1. The number of aromatic nitrogens is 1. The van der Waals surface area contributed by atoms with E-state index in [0.717, 1.165) is 23.2 Å². The number of phenolic OH excluding ortho intramolecular Hbond substituents is 1. The summed E-state index contributed by atoms with van der Waals surface area (Å²) in [6, 6.07) is 21.6. The van der Waals surface area contributed by atoms with Crippen LogP contribution in [0.25, 0.3) is 0 Å². The zero-order chi connectivity index (χ0) is 16.1. The van der Waals surface area contributed by atoms with E-state index in [1.807, 2.05) is 48.5 Å². The Balaban J connectivity index is 2.02. The maximum Gasteiger partial charge on any atom is 0.123 e. The van der Waals surface area contributed by atoms with E-state index in [2.05, 4.69) is 17.1 Å². The van der Waals surface area contributed by atoms with Crippen LogP contribution in [0.5, 0.6) is 11.5 Å². The average molecular weight is 305 g/mol. The molecular formula is C20H19NO2. The highest BCUT2D eigenvalue weighted by Gasteiger charge is 2.19. The fraction of sp³-hybridized carbons (Fsp3) is 0.150. The van der Waals surface area contributed by atoms with Crippen LogP contribution in [-0.2, 0) is 6.42 Å². The maximum absolute atomic E-state index is 10.4. The van der Waals surface area contributed by atoms with Crippen molar-refractivity contribution in [2.75, 3.05) is 7.11 Å². The molecule has 0 saturated heterocycles. The Hall–Kier alpha value is -2.81. The van der Waals surface area contributed by atoms with Crippen LogP contribution < -0.4 is 4.74 Å². The van der Waals surface area contributed by atoms with E-state index in [-0.39, 0.29) is 11.7 Å². The van der Waals surface area contributed by atoms with Crippen LogP contribution in [0, 0.1) is 0 Å². The number of methoxy groups -OCH3 is 1. The van der Waals surface area contributed by atoms with E-state index >= 15 is 0 Å². The van der Waals surface area contributed by atoms with Gasteiger partial charge in [-0.2, -0.15) is 0 Å². The van der Waals surface area contributed by atoms with E-state index in [9.17, 15) is 5.11 Å². The molecule has 1 heterocycles. The number of rotatable bonds is 5. The highest BCUT2D eigenvalue weighted by Crippen LogP contribution is 2.35. The van der Waals surface area contributed by atoms with Crippen LogP contribution >= 0.6 is 0 Å². The smallest absolute Gasteiger partial charge is 0.123 e. The van der Waals surface area contributed by atoms with Gasteiger partial charge in [0.2, 0.25) is 0 Å². The Morgan fingerprint density at radius 1 is 1.00 bits per heavy atom. The molecular weight excluding hydrogens is 286 g/mol. The molecule has 0 amide bonds. The molecule has 0 spiro atoms. The minimum Gasteiger partial charge on any atom is -0.508 e. The van der Waals surface area contributed by atoms with Crippen molar-refractivity contribution < 1.29 is 9.84 Å². The lowest BCUT2D eigenvalue weighted by Crippen LogP contribution is -2.06. The molecule has 1 atom stereocenters. The van der Waals surface area contributed by atoms with Gasteiger partial charge < -0.3 is 9.84 Å². The fourth-order valence-corrected chi connectivity index (χ4v) is 2.77. The molecule has 3 nitrogen and oxygen atoms in total. The van der Waals surface area contributed by atoms with Crippen LogP contribution in [-0.4, -0.2) is 17.2 Å². The quantitative estimate of drug-likeness (QED) is 0.769. The number of ether oxygens (including phenoxy) is 1. The monoisotopic (exact) mass is 305 g/mol. The zero-order valence-corrected chi connectivity index (χ0v) is 13.0. The lowest BCUT2D eigenvalue weighted by atomic mass is 9.86. The SMILES string of the molecule is COc1ccc(C(Cc2ccccn2)c2ccccc2)c(O)c1. The molecule has 1 aromatic heterocycles. The third-order valence-electron chi connectivity index (χ3n) is 3.95. The Kier molecular flexibility index (Phi) is 4.57. The predicted octanol–water partition coefficient (Wildman–Crippen LogP) is 4.17. The Labute approximate surface area is 136 Å². The lowest BCUT2D eigenvalue weighted by Gasteiger charge is -2.19. The first-order valence-electron chi connectivity index (χ1n) is 7.59. The van der Waals surface area contributed by atoms with Crippen molar-refractivity contribution in [1.29, 1.82) is 0 Å². The summed E-state index contributed by atoms with van der Waals surface area (Å²) in [5.74, 6) is 0.932. The second-order valence-electron chi connectivity index (χ2n) is 5.41. The molecule has 116 valence electrons. The number of phenols is 1. The van der Waals surface area contributed by atoms with Gasteiger partial charge in [0.05, 0.1) is 7.11 Å². The number of benzene rings is 2. The van der Waals surface area contributed by atoms with Crippen molar-refractivity contribution in [2.24, 2.45) is 0 Å². The first-order valence-corrected chi connectivity index (χ1v) is 7.59. The molecule has 0 aliphatic carbocycles. The van der Waals surface area contributed by atoms with Crippen LogP contribution in [0.3, 0.4) is 0 Å². The van der Waals surface area contributed by atoms with Gasteiger partial charge in [-0.15, -0.1) is 0 Å². The van der Waals surface area contributed by atoms with Gasteiger partial charge in [-0.3, -0.25) is 4.98 Å². The highest BCUT2D eigenvalue weighted by molar-refractivity contribution is 5.46. The second-order valence-corrected chi connectivity index (χ2v) is 5.41.